The molecule has 0 radical (unpaired) electrons. The van der Waals surface area contributed by atoms with Gasteiger partial charge >= 0.3 is 0 Å². The molecule has 1 aliphatic rings. The van der Waals surface area contributed by atoms with Crippen LogP contribution in [0.5, 0.6) is 0 Å². The van der Waals surface area contributed by atoms with Crippen molar-refractivity contribution < 1.29 is 9.18 Å². The first kappa shape index (κ1) is 14.8. The minimum Gasteiger partial charge on any atom is -0.331 e. The van der Waals surface area contributed by atoms with Crippen molar-refractivity contribution in [2.45, 2.75) is 39.3 Å². The third-order valence-electron chi connectivity index (χ3n) is 4.30. The van der Waals surface area contributed by atoms with Gasteiger partial charge in [0, 0.05) is 18.8 Å². The monoisotopic (exact) mass is 301 g/mol. The molecular weight excluding hydrogens is 281 g/mol. The number of aromatic nitrogens is 2. The van der Waals surface area contributed by atoms with Crippen molar-refractivity contribution in [1.29, 1.82) is 0 Å². The molecule has 1 atom stereocenters. The van der Waals surface area contributed by atoms with E-state index in [-0.39, 0.29) is 17.8 Å². The van der Waals surface area contributed by atoms with Crippen molar-refractivity contribution in [3.8, 4) is 0 Å². The number of hydrogen-bond donors (Lipinski definition) is 0. The highest BCUT2D eigenvalue weighted by atomic mass is 19.1. The standard InChI is InChI=1S/C17H20FN3O/c1-3-9-21-12(2)15(11-19-21)17(22)20-10-8-16(20)13-4-6-14(18)7-5-13/h4-7,11,16H,3,8-10H2,1-2H3/t16-/m0/s1. The molecule has 0 bridgehead atoms. The molecule has 0 aliphatic carbocycles. The van der Waals surface area contributed by atoms with E-state index in [2.05, 4.69) is 12.0 Å². The second-order valence-corrected chi connectivity index (χ2v) is 5.72. The number of nitrogens with zero attached hydrogens (tertiary/aromatic N) is 3. The maximum atomic E-state index is 13.0. The van der Waals surface area contributed by atoms with Crippen LogP contribution in [0.25, 0.3) is 0 Å². The highest BCUT2D eigenvalue weighted by molar-refractivity contribution is 5.95. The van der Waals surface area contributed by atoms with Gasteiger partial charge in [-0.25, -0.2) is 4.39 Å². The van der Waals surface area contributed by atoms with E-state index in [4.69, 9.17) is 0 Å². The Balaban J connectivity index is 1.79. The molecule has 2 aromatic rings. The van der Waals surface area contributed by atoms with E-state index in [1.54, 1.807) is 18.3 Å². The molecule has 1 aliphatic heterocycles. The van der Waals surface area contributed by atoms with Crippen molar-refractivity contribution >= 4 is 5.91 Å². The maximum absolute atomic E-state index is 13.0. The van der Waals surface area contributed by atoms with Gasteiger partial charge in [0.2, 0.25) is 0 Å². The molecule has 0 saturated carbocycles. The summed E-state index contributed by atoms with van der Waals surface area (Å²) < 4.78 is 14.9. The highest BCUT2D eigenvalue weighted by Crippen LogP contribution is 2.34. The van der Waals surface area contributed by atoms with Gasteiger partial charge in [-0.1, -0.05) is 19.1 Å². The molecule has 5 heteroatoms. The fourth-order valence-electron chi connectivity index (χ4n) is 2.91. The molecular formula is C17H20FN3O. The average molecular weight is 301 g/mol. The van der Waals surface area contributed by atoms with E-state index in [0.29, 0.717) is 5.56 Å². The van der Waals surface area contributed by atoms with Crippen LogP contribution in [0.15, 0.2) is 30.5 Å². The number of halogens is 1. The van der Waals surface area contributed by atoms with Gasteiger partial charge in [0.15, 0.2) is 0 Å². The number of likely N-dealkylation sites (tertiary alicyclic amines) is 1. The Kier molecular flexibility index (Phi) is 3.96. The number of hydrogen-bond acceptors (Lipinski definition) is 2. The lowest BCUT2D eigenvalue weighted by molar-refractivity contribution is 0.0459. The smallest absolute Gasteiger partial charge is 0.257 e. The molecule has 4 nitrogen and oxygen atoms in total. The lowest BCUT2D eigenvalue weighted by Crippen LogP contribution is -2.45. The van der Waals surface area contributed by atoms with Gasteiger partial charge in [0.25, 0.3) is 5.91 Å². The van der Waals surface area contributed by atoms with Crippen molar-refractivity contribution in [3.63, 3.8) is 0 Å². The van der Waals surface area contributed by atoms with Gasteiger partial charge in [-0.2, -0.15) is 5.10 Å². The predicted octanol–water partition coefficient (Wildman–Crippen LogP) is 3.33. The summed E-state index contributed by atoms with van der Waals surface area (Å²) in [5.74, 6) is -0.238. The van der Waals surface area contributed by atoms with Gasteiger partial charge in [-0.3, -0.25) is 9.48 Å². The van der Waals surface area contributed by atoms with Crippen molar-refractivity contribution in [1.82, 2.24) is 14.7 Å². The summed E-state index contributed by atoms with van der Waals surface area (Å²) in [5, 5.41) is 4.30. The average Bonchev–Trinajstić information content (AvgIpc) is 2.82. The molecule has 22 heavy (non-hydrogen) atoms. The molecule has 3 rings (SSSR count). The van der Waals surface area contributed by atoms with Crippen LogP contribution in [0.3, 0.4) is 0 Å². The Morgan fingerprint density at radius 3 is 2.68 bits per heavy atom. The summed E-state index contributed by atoms with van der Waals surface area (Å²) in [6.07, 6.45) is 3.56. The van der Waals surface area contributed by atoms with Crippen LogP contribution in [0.2, 0.25) is 0 Å². The first-order valence-corrected chi connectivity index (χ1v) is 7.70. The third kappa shape index (κ3) is 2.51. The van der Waals surface area contributed by atoms with Crippen molar-refractivity contribution in [2.24, 2.45) is 0 Å². The Morgan fingerprint density at radius 1 is 1.36 bits per heavy atom. The lowest BCUT2D eigenvalue weighted by Gasteiger charge is -2.41. The van der Waals surface area contributed by atoms with Crippen LogP contribution in [-0.2, 0) is 6.54 Å². The molecule has 0 N–H and O–H groups in total. The van der Waals surface area contributed by atoms with Gasteiger partial charge in [0.05, 0.1) is 17.8 Å². The quantitative estimate of drug-likeness (QED) is 0.869. The number of carbonyl (C=O) groups excluding carboxylic acids is 1. The summed E-state index contributed by atoms with van der Waals surface area (Å²) in [7, 11) is 0. The molecule has 0 unspecified atom stereocenters. The zero-order valence-electron chi connectivity index (χ0n) is 12.9. The molecule has 2 heterocycles. The highest BCUT2D eigenvalue weighted by Gasteiger charge is 2.35. The Labute approximate surface area is 129 Å². The number of rotatable bonds is 4. The van der Waals surface area contributed by atoms with E-state index in [1.165, 1.54) is 12.1 Å². The van der Waals surface area contributed by atoms with Crippen LogP contribution >= 0.6 is 0 Å². The SMILES string of the molecule is CCCn1ncc(C(=O)N2CC[C@H]2c2ccc(F)cc2)c1C. The molecule has 1 saturated heterocycles. The third-order valence-corrected chi connectivity index (χ3v) is 4.30. The van der Waals surface area contributed by atoms with Gasteiger partial charge in [-0.15, -0.1) is 0 Å². The zero-order valence-corrected chi connectivity index (χ0v) is 12.9. The fraction of sp³-hybridized carbons (Fsp3) is 0.412. The second kappa shape index (κ2) is 5.91. The van der Waals surface area contributed by atoms with Gasteiger partial charge in [0.1, 0.15) is 5.82 Å². The number of carbonyl (C=O) groups is 1. The first-order valence-electron chi connectivity index (χ1n) is 7.70. The summed E-state index contributed by atoms with van der Waals surface area (Å²) in [5.41, 5.74) is 2.57. The van der Waals surface area contributed by atoms with E-state index in [0.717, 1.165) is 37.2 Å². The zero-order chi connectivity index (χ0) is 15.7. The Hall–Kier alpha value is -2.17. The fourth-order valence-corrected chi connectivity index (χ4v) is 2.91. The molecule has 116 valence electrons. The van der Waals surface area contributed by atoms with Crippen LogP contribution in [0, 0.1) is 12.7 Å². The maximum Gasteiger partial charge on any atom is 0.257 e. The van der Waals surface area contributed by atoms with E-state index >= 15 is 0 Å². The van der Waals surface area contributed by atoms with Crippen molar-refractivity contribution in [2.75, 3.05) is 6.54 Å². The molecule has 1 aromatic heterocycles. The topological polar surface area (TPSA) is 38.1 Å². The summed E-state index contributed by atoms with van der Waals surface area (Å²) in [6, 6.07) is 6.45. The van der Waals surface area contributed by atoms with Gasteiger partial charge < -0.3 is 4.90 Å². The van der Waals surface area contributed by atoms with Gasteiger partial charge in [-0.05, 0) is 37.5 Å². The summed E-state index contributed by atoms with van der Waals surface area (Å²) in [4.78, 5) is 14.6. The molecule has 0 spiro atoms. The Morgan fingerprint density at radius 2 is 2.09 bits per heavy atom. The number of benzene rings is 1. The summed E-state index contributed by atoms with van der Waals surface area (Å²) >= 11 is 0. The van der Waals surface area contributed by atoms with E-state index in [9.17, 15) is 9.18 Å². The van der Waals surface area contributed by atoms with E-state index < -0.39 is 0 Å². The number of amides is 1. The summed E-state index contributed by atoms with van der Waals surface area (Å²) in [6.45, 7) is 5.57. The second-order valence-electron chi connectivity index (χ2n) is 5.72. The Bertz CT molecular complexity index is 678. The number of aryl methyl sites for hydroxylation is 1. The molecule has 1 aromatic carbocycles. The lowest BCUT2D eigenvalue weighted by atomic mass is 9.94. The first-order chi connectivity index (χ1) is 10.6. The van der Waals surface area contributed by atoms with E-state index in [1.807, 2.05) is 16.5 Å². The molecule has 1 fully saturated rings. The molecule has 1 amide bonds. The van der Waals surface area contributed by atoms with Crippen LogP contribution < -0.4 is 0 Å². The van der Waals surface area contributed by atoms with Crippen LogP contribution in [0.4, 0.5) is 4.39 Å². The minimum absolute atomic E-state index is 0.0143. The van der Waals surface area contributed by atoms with Crippen LogP contribution in [0.1, 0.15) is 47.4 Å². The minimum atomic E-state index is -0.252. The van der Waals surface area contributed by atoms with Crippen LogP contribution in [-0.4, -0.2) is 27.1 Å². The predicted molar refractivity (Wildman–Crippen MR) is 82.0 cm³/mol. The van der Waals surface area contributed by atoms with Crippen molar-refractivity contribution in [3.05, 3.63) is 53.1 Å². The largest absolute Gasteiger partial charge is 0.331 e. The normalized spacial score (nSPS) is 17.4.